The summed E-state index contributed by atoms with van der Waals surface area (Å²) in [5.41, 5.74) is 0.957. The van der Waals surface area contributed by atoms with Gasteiger partial charge in [0.15, 0.2) is 0 Å². The molecule has 24 heavy (non-hydrogen) atoms. The lowest BCUT2D eigenvalue weighted by Gasteiger charge is -2.45. The monoisotopic (exact) mass is 443 g/mol. The van der Waals surface area contributed by atoms with E-state index in [1.807, 2.05) is 6.07 Å². The largest absolute Gasteiger partial charge is 0.450 e. The number of hydrogen-bond donors (Lipinski definition) is 2. The molecular weight excluding hydrogens is 421 g/mol. The van der Waals surface area contributed by atoms with E-state index in [4.69, 9.17) is 4.74 Å². The smallest absolute Gasteiger partial charge is 0.411 e. The molecule has 7 heteroatoms. The molecule has 4 rings (SSSR count). The summed E-state index contributed by atoms with van der Waals surface area (Å²) in [6.45, 7) is 5.22. The lowest BCUT2D eigenvalue weighted by Crippen LogP contribution is -2.57. The molecule has 2 N–H and O–H groups in total. The summed E-state index contributed by atoms with van der Waals surface area (Å²) in [7, 11) is 0. The third kappa shape index (κ3) is 4.00. The Hall–Kier alpha value is -1.35. The Balaban J connectivity index is 1.73. The molecule has 1 atom stereocenters. The van der Waals surface area contributed by atoms with E-state index >= 15 is 0 Å². The molecule has 0 aliphatic carbocycles. The molecule has 6 nitrogen and oxygen atoms in total. The molecule has 1 unspecified atom stereocenters. The number of rotatable bonds is 4. The summed E-state index contributed by atoms with van der Waals surface area (Å²) < 4.78 is 5.86. The lowest BCUT2D eigenvalue weighted by atomic mass is 9.84. The van der Waals surface area contributed by atoms with Crippen molar-refractivity contribution < 1.29 is 14.3 Å². The summed E-state index contributed by atoms with van der Waals surface area (Å²) in [6, 6.07) is 5.57. The van der Waals surface area contributed by atoms with E-state index < -0.39 is 6.09 Å². The molecule has 2 amide bonds. The third-order valence-corrected chi connectivity index (χ3v) is 5.38. The zero-order chi connectivity index (χ0) is 17.1. The van der Waals surface area contributed by atoms with Crippen molar-refractivity contribution in [1.29, 1.82) is 0 Å². The Morgan fingerprint density at radius 1 is 1.33 bits per heavy atom. The minimum atomic E-state index is -0.546. The average molecular weight is 443 g/mol. The molecule has 1 aromatic rings. The molecule has 0 aromatic heterocycles. The first kappa shape index (κ1) is 17.5. The van der Waals surface area contributed by atoms with E-state index in [1.165, 1.54) is 0 Å². The van der Waals surface area contributed by atoms with Crippen LogP contribution in [-0.2, 0) is 4.74 Å². The van der Waals surface area contributed by atoms with Crippen LogP contribution in [0.5, 0.6) is 0 Å². The normalized spacial score (nSPS) is 25.2. The number of carbonyl (C=O) groups is 2. The Labute approximate surface area is 155 Å². The summed E-state index contributed by atoms with van der Waals surface area (Å²) in [6.07, 6.45) is 1.74. The molecule has 1 aromatic carbocycles. The van der Waals surface area contributed by atoms with E-state index in [9.17, 15) is 9.59 Å². The second-order valence-corrected chi connectivity index (χ2v) is 7.50. The standard InChI is InChI=1S/C17H22IN3O3/c1-2-24-17(23)20-14-4-3-12(18)9-13(14)16(22)19-15-10-21-7-5-11(15)6-8-21/h3-4,9,11,15H,2,5-8,10H2,1H3,(H,19,22)(H,20,23). The molecule has 0 radical (unpaired) electrons. The van der Waals surface area contributed by atoms with Gasteiger partial charge in [0.05, 0.1) is 17.9 Å². The topological polar surface area (TPSA) is 70.7 Å². The number of piperidine rings is 3. The lowest BCUT2D eigenvalue weighted by molar-refractivity contribution is 0.0621. The van der Waals surface area contributed by atoms with Gasteiger partial charge in [0.1, 0.15) is 0 Å². The Morgan fingerprint density at radius 3 is 2.71 bits per heavy atom. The quantitative estimate of drug-likeness (QED) is 0.703. The summed E-state index contributed by atoms with van der Waals surface area (Å²) >= 11 is 2.16. The van der Waals surface area contributed by atoms with Crippen molar-refractivity contribution in [2.45, 2.75) is 25.8 Å². The molecule has 3 saturated heterocycles. The number of benzene rings is 1. The summed E-state index contributed by atoms with van der Waals surface area (Å²) in [5.74, 6) is 0.419. The SMILES string of the molecule is CCOC(=O)Nc1ccc(I)cc1C(=O)NC1CN2CCC1CC2. The van der Waals surface area contributed by atoms with Crippen LogP contribution in [-0.4, -0.2) is 49.2 Å². The molecule has 3 fully saturated rings. The van der Waals surface area contributed by atoms with Crippen molar-refractivity contribution in [3.8, 4) is 0 Å². The van der Waals surface area contributed by atoms with Crippen molar-refractivity contribution in [2.75, 3.05) is 31.6 Å². The van der Waals surface area contributed by atoms with Crippen LogP contribution in [0.15, 0.2) is 18.2 Å². The van der Waals surface area contributed by atoms with Crippen LogP contribution in [0.3, 0.4) is 0 Å². The maximum absolute atomic E-state index is 12.8. The van der Waals surface area contributed by atoms with Gasteiger partial charge >= 0.3 is 6.09 Å². The first-order chi connectivity index (χ1) is 11.6. The second kappa shape index (κ2) is 7.69. The molecular formula is C17H22IN3O3. The zero-order valence-corrected chi connectivity index (χ0v) is 15.8. The van der Waals surface area contributed by atoms with Crippen LogP contribution in [0.2, 0.25) is 0 Å². The van der Waals surface area contributed by atoms with Crippen LogP contribution >= 0.6 is 22.6 Å². The highest BCUT2D eigenvalue weighted by molar-refractivity contribution is 14.1. The highest BCUT2D eigenvalue weighted by atomic mass is 127. The van der Waals surface area contributed by atoms with Gasteiger partial charge < -0.3 is 15.0 Å². The van der Waals surface area contributed by atoms with E-state index in [0.29, 0.717) is 17.2 Å². The molecule has 0 spiro atoms. The molecule has 2 bridgehead atoms. The van der Waals surface area contributed by atoms with Crippen LogP contribution in [0.25, 0.3) is 0 Å². The predicted molar refractivity (Wildman–Crippen MR) is 100 cm³/mol. The van der Waals surface area contributed by atoms with Gasteiger partial charge in [0.25, 0.3) is 5.91 Å². The van der Waals surface area contributed by atoms with Crippen LogP contribution in [0, 0.1) is 9.49 Å². The fraction of sp³-hybridized carbons (Fsp3) is 0.529. The van der Waals surface area contributed by atoms with Gasteiger partial charge in [-0.1, -0.05) is 0 Å². The molecule has 130 valence electrons. The van der Waals surface area contributed by atoms with Gasteiger partial charge in [-0.2, -0.15) is 0 Å². The van der Waals surface area contributed by atoms with Gasteiger partial charge in [-0.3, -0.25) is 10.1 Å². The van der Waals surface area contributed by atoms with Crippen molar-refractivity contribution in [2.24, 2.45) is 5.92 Å². The molecule has 0 saturated carbocycles. The van der Waals surface area contributed by atoms with Crippen LogP contribution in [0.1, 0.15) is 30.1 Å². The number of amides is 2. The third-order valence-electron chi connectivity index (χ3n) is 4.71. The highest BCUT2D eigenvalue weighted by Gasteiger charge is 2.35. The fourth-order valence-corrected chi connectivity index (χ4v) is 3.96. The molecule has 3 heterocycles. The van der Waals surface area contributed by atoms with Crippen molar-refractivity contribution in [3.63, 3.8) is 0 Å². The number of hydrogen-bond acceptors (Lipinski definition) is 4. The van der Waals surface area contributed by atoms with E-state index in [2.05, 4.69) is 38.1 Å². The Kier molecular flexibility index (Phi) is 5.60. The van der Waals surface area contributed by atoms with E-state index in [0.717, 1.165) is 36.0 Å². The number of fused-ring (bicyclic) bond motifs is 3. The maximum Gasteiger partial charge on any atom is 0.411 e. The zero-order valence-electron chi connectivity index (χ0n) is 13.7. The molecule has 3 aliphatic heterocycles. The van der Waals surface area contributed by atoms with Crippen molar-refractivity contribution in [1.82, 2.24) is 10.2 Å². The van der Waals surface area contributed by atoms with Crippen molar-refractivity contribution >= 4 is 40.3 Å². The molecule has 3 aliphatic rings. The van der Waals surface area contributed by atoms with E-state index in [-0.39, 0.29) is 18.6 Å². The minimum Gasteiger partial charge on any atom is -0.450 e. The number of halogens is 1. The van der Waals surface area contributed by atoms with E-state index in [1.54, 1.807) is 19.1 Å². The number of anilines is 1. The maximum atomic E-state index is 12.8. The van der Waals surface area contributed by atoms with Crippen LogP contribution in [0.4, 0.5) is 10.5 Å². The van der Waals surface area contributed by atoms with Crippen molar-refractivity contribution in [3.05, 3.63) is 27.3 Å². The predicted octanol–water partition coefficient (Wildman–Crippen LogP) is 2.68. The second-order valence-electron chi connectivity index (χ2n) is 6.25. The fourth-order valence-electron chi connectivity index (χ4n) is 3.47. The first-order valence-corrected chi connectivity index (χ1v) is 9.41. The summed E-state index contributed by atoms with van der Waals surface area (Å²) in [5, 5.41) is 5.82. The van der Waals surface area contributed by atoms with Gasteiger partial charge in [-0.25, -0.2) is 4.79 Å². The number of ether oxygens (including phenoxy) is 1. The van der Waals surface area contributed by atoms with Crippen LogP contribution < -0.4 is 10.6 Å². The number of nitrogens with zero attached hydrogens (tertiary/aromatic N) is 1. The van der Waals surface area contributed by atoms with Gasteiger partial charge in [-0.15, -0.1) is 0 Å². The highest BCUT2D eigenvalue weighted by Crippen LogP contribution is 2.28. The number of nitrogens with one attached hydrogen (secondary N) is 2. The average Bonchev–Trinajstić information content (AvgIpc) is 2.57. The minimum absolute atomic E-state index is 0.140. The summed E-state index contributed by atoms with van der Waals surface area (Å²) in [4.78, 5) is 26.9. The van der Waals surface area contributed by atoms with Gasteiger partial charge in [0, 0.05) is 16.2 Å². The first-order valence-electron chi connectivity index (χ1n) is 8.33. The Morgan fingerprint density at radius 2 is 2.08 bits per heavy atom. The van der Waals surface area contributed by atoms with Gasteiger partial charge in [-0.05, 0) is 79.6 Å². The van der Waals surface area contributed by atoms with Gasteiger partial charge in [0.2, 0.25) is 0 Å². The number of carbonyl (C=O) groups excluding carboxylic acids is 2. The Bertz CT molecular complexity index is 630.